The Labute approximate surface area is 113 Å². The van der Waals surface area contributed by atoms with Gasteiger partial charge in [-0.2, -0.15) is 0 Å². The Morgan fingerprint density at radius 1 is 1.32 bits per heavy atom. The van der Waals surface area contributed by atoms with Crippen LogP contribution in [0.2, 0.25) is 0 Å². The molecule has 0 radical (unpaired) electrons. The van der Waals surface area contributed by atoms with Crippen LogP contribution in [0.5, 0.6) is 11.5 Å². The van der Waals surface area contributed by atoms with Crippen LogP contribution < -0.4 is 15.2 Å². The minimum atomic E-state index is -0.297. The Bertz CT molecular complexity index is 420. The summed E-state index contributed by atoms with van der Waals surface area (Å²) >= 11 is 0. The zero-order valence-electron chi connectivity index (χ0n) is 11.6. The van der Waals surface area contributed by atoms with Crippen LogP contribution in [0, 0.1) is 0 Å². The molecule has 1 unspecified atom stereocenters. The SMILES string of the molecule is CCOC(=O)CCC(N)c1cc(OC)ccc1OC. The lowest BCUT2D eigenvalue weighted by Crippen LogP contribution is -2.14. The molecule has 0 aliphatic rings. The minimum absolute atomic E-state index is 0.236. The first kappa shape index (κ1) is 15.3. The van der Waals surface area contributed by atoms with Gasteiger partial charge in [0.05, 0.1) is 20.8 Å². The highest BCUT2D eigenvalue weighted by atomic mass is 16.5. The number of carbonyl (C=O) groups excluding carboxylic acids is 1. The number of ether oxygens (including phenoxy) is 3. The van der Waals surface area contributed by atoms with Gasteiger partial charge in [0.25, 0.3) is 0 Å². The van der Waals surface area contributed by atoms with Gasteiger partial charge in [0.2, 0.25) is 0 Å². The number of carbonyl (C=O) groups is 1. The first-order valence-electron chi connectivity index (χ1n) is 6.25. The maximum atomic E-state index is 11.3. The van der Waals surface area contributed by atoms with E-state index in [4.69, 9.17) is 19.9 Å². The molecule has 1 aromatic rings. The van der Waals surface area contributed by atoms with Crippen molar-refractivity contribution < 1.29 is 19.0 Å². The summed E-state index contributed by atoms with van der Waals surface area (Å²) in [7, 11) is 3.18. The van der Waals surface area contributed by atoms with Crippen molar-refractivity contribution in [2.24, 2.45) is 5.73 Å². The molecule has 0 saturated carbocycles. The van der Waals surface area contributed by atoms with Crippen molar-refractivity contribution in [3.8, 4) is 11.5 Å². The van der Waals surface area contributed by atoms with E-state index in [9.17, 15) is 4.79 Å². The van der Waals surface area contributed by atoms with Crippen molar-refractivity contribution in [1.82, 2.24) is 0 Å². The first-order valence-corrected chi connectivity index (χ1v) is 6.25. The molecule has 5 nitrogen and oxygen atoms in total. The van der Waals surface area contributed by atoms with Gasteiger partial charge in [-0.05, 0) is 31.5 Å². The summed E-state index contributed by atoms with van der Waals surface area (Å²) < 4.78 is 15.3. The van der Waals surface area contributed by atoms with E-state index < -0.39 is 0 Å². The van der Waals surface area contributed by atoms with Crippen LogP contribution in [0.4, 0.5) is 0 Å². The van der Waals surface area contributed by atoms with Crippen molar-refractivity contribution in [1.29, 1.82) is 0 Å². The maximum Gasteiger partial charge on any atom is 0.305 e. The number of hydrogen-bond donors (Lipinski definition) is 1. The molecule has 0 heterocycles. The van der Waals surface area contributed by atoms with Crippen LogP contribution in [0.25, 0.3) is 0 Å². The molecule has 19 heavy (non-hydrogen) atoms. The Morgan fingerprint density at radius 3 is 2.63 bits per heavy atom. The molecule has 0 bridgehead atoms. The molecular weight excluding hydrogens is 246 g/mol. The van der Waals surface area contributed by atoms with E-state index in [1.165, 1.54) is 0 Å². The van der Waals surface area contributed by atoms with Gasteiger partial charge in [-0.3, -0.25) is 4.79 Å². The monoisotopic (exact) mass is 267 g/mol. The number of hydrogen-bond acceptors (Lipinski definition) is 5. The molecular formula is C14H21NO4. The molecule has 5 heteroatoms. The van der Waals surface area contributed by atoms with Crippen molar-refractivity contribution >= 4 is 5.97 Å². The van der Waals surface area contributed by atoms with Gasteiger partial charge in [0, 0.05) is 18.0 Å². The van der Waals surface area contributed by atoms with E-state index >= 15 is 0 Å². The zero-order valence-corrected chi connectivity index (χ0v) is 11.6. The van der Waals surface area contributed by atoms with Crippen LogP contribution in [-0.4, -0.2) is 26.8 Å². The lowest BCUT2D eigenvalue weighted by Gasteiger charge is -2.16. The van der Waals surface area contributed by atoms with E-state index in [2.05, 4.69) is 0 Å². The van der Waals surface area contributed by atoms with E-state index in [1.807, 2.05) is 6.07 Å². The second-order valence-electron chi connectivity index (χ2n) is 4.06. The Hall–Kier alpha value is -1.75. The van der Waals surface area contributed by atoms with Gasteiger partial charge in [-0.1, -0.05) is 0 Å². The number of rotatable bonds is 7. The van der Waals surface area contributed by atoms with Crippen LogP contribution in [0.1, 0.15) is 31.4 Å². The highest BCUT2D eigenvalue weighted by Crippen LogP contribution is 2.30. The highest BCUT2D eigenvalue weighted by Gasteiger charge is 2.15. The van der Waals surface area contributed by atoms with Crippen LogP contribution in [0.3, 0.4) is 0 Å². The molecule has 1 rings (SSSR count). The van der Waals surface area contributed by atoms with Crippen molar-refractivity contribution in [3.05, 3.63) is 23.8 Å². The quantitative estimate of drug-likeness (QED) is 0.765. The second-order valence-corrected chi connectivity index (χ2v) is 4.06. The lowest BCUT2D eigenvalue weighted by atomic mass is 10.0. The summed E-state index contributed by atoms with van der Waals surface area (Å²) in [6, 6.07) is 5.14. The van der Waals surface area contributed by atoms with E-state index in [1.54, 1.807) is 33.3 Å². The average Bonchev–Trinajstić information content (AvgIpc) is 2.44. The minimum Gasteiger partial charge on any atom is -0.497 e. The van der Waals surface area contributed by atoms with E-state index in [0.717, 1.165) is 5.56 Å². The fourth-order valence-electron chi connectivity index (χ4n) is 1.79. The number of esters is 1. The predicted molar refractivity (Wildman–Crippen MR) is 72.3 cm³/mol. The fourth-order valence-corrected chi connectivity index (χ4v) is 1.79. The van der Waals surface area contributed by atoms with E-state index in [0.29, 0.717) is 24.5 Å². The molecule has 1 atom stereocenters. The summed E-state index contributed by atoms with van der Waals surface area (Å²) in [5.41, 5.74) is 6.92. The summed E-state index contributed by atoms with van der Waals surface area (Å²) in [5.74, 6) is 1.17. The summed E-state index contributed by atoms with van der Waals surface area (Å²) in [5, 5.41) is 0. The van der Waals surface area contributed by atoms with E-state index in [-0.39, 0.29) is 18.4 Å². The summed E-state index contributed by atoms with van der Waals surface area (Å²) in [6.07, 6.45) is 0.789. The third kappa shape index (κ3) is 4.44. The molecule has 2 N–H and O–H groups in total. The average molecular weight is 267 g/mol. The van der Waals surface area contributed by atoms with Crippen molar-refractivity contribution in [2.45, 2.75) is 25.8 Å². The molecule has 1 aromatic carbocycles. The van der Waals surface area contributed by atoms with Crippen molar-refractivity contribution in [2.75, 3.05) is 20.8 Å². The smallest absolute Gasteiger partial charge is 0.305 e. The van der Waals surface area contributed by atoms with Crippen LogP contribution >= 0.6 is 0 Å². The van der Waals surface area contributed by atoms with Crippen molar-refractivity contribution in [3.63, 3.8) is 0 Å². The van der Waals surface area contributed by atoms with Crippen LogP contribution in [-0.2, 0) is 9.53 Å². The molecule has 0 aliphatic heterocycles. The van der Waals surface area contributed by atoms with Gasteiger partial charge in [-0.15, -0.1) is 0 Å². The Morgan fingerprint density at radius 2 is 2.05 bits per heavy atom. The molecule has 0 amide bonds. The second kappa shape index (κ2) is 7.63. The fraction of sp³-hybridized carbons (Fsp3) is 0.500. The number of benzene rings is 1. The van der Waals surface area contributed by atoms with Gasteiger partial charge in [0.1, 0.15) is 11.5 Å². The molecule has 0 fully saturated rings. The molecule has 0 aliphatic carbocycles. The van der Waals surface area contributed by atoms with Gasteiger partial charge in [0.15, 0.2) is 0 Å². The summed E-state index contributed by atoms with van der Waals surface area (Å²) in [4.78, 5) is 11.3. The largest absolute Gasteiger partial charge is 0.497 e. The standard InChI is InChI=1S/C14H21NO4/c1-4-19-14(16)8-6-12(15)11-9-10(17-2)5-7-13(11)18-3/h5,7,9,12H,4,6,8,15H2,1-3H3. The zero-order chi connectivity index (χ0) is 14.3. The number of methoxy groups -OCH3 is 2. The first-order chi connectivity index (χ1) is 9.12. The topological polar surface area (TPSA) is 70.8 Å². The van der Waals surface area contributed by atoms with Gasteiger partial charge < -0.3 is 19.9 Å². The Kier molecular flexibility index (Phi) is 6.15. The molecule has 0 saturated heterocycles. The normalized spacial score (nSPS) is 11.8. The number of nitrogens with two attached hydrogens (primary N) is 1. The molecule has 106 valence electrons. The third-order valence-electron chi connectivity index (χ3n) is 2.80. The van der Waals surface area contributed by atoms with Gasteiger partial charge in [-0.25, -0.2) is 0 Å². The highest BCUT2D eigenvalue weighted by molar-refractivity contribution is 5.69. The lowest BCUT2D eigenvalue weighted by molar-refractivity contribution is -0.143. The molecule has 0 spiro atoms. The molecule has 0 aromatic heterocycles. The predicted octanol–water partition coefficient (Wildman–Crippen LogP) is 2.05. The summed E-state index contributed by atoms with van der Waals surface area (Å²) in [6.45, 7) is 2.17. The van der Waals surface area contributed by atoms with Gasteiger partial charge >= 0.3 is 5.97 Å². The third-order valence-corrected chi connectivity index (χ3v) is 2.80. The maximum absolute atomic E-state index is 11.3. The Balaban J connectivity index is 2.74. The van der Waals surface area contributed by atoms with Crippen LogP contribution in [0.15, 0.2) is 18.2 Å².